The summed E-state index contributed by atoms with van der Waals surface area (Å²) in [5.74, 6) is -0.675. The monoisotopic (exact) mass is 355 g/mol. The van der Waals surface area contributed by atoms with Gasteiger partial charge in [-0.25, -0.2) is 0 Å². The fourth-order valence-electron chi connectivity index (χ4n) is 2.89. The Morgan fingerprint density at radius 2 is 2.09 bits per heavy atom. The van der Waals surface area contributed by atoms with Gasteiger partial charge in [0.25, 0.3) is 0 Å². The maximum absolute atomic E-state index is 12.5. The summed E-state index contributed by atoms with van der Waals surface area (Å²) in [5, 5.41) is 3.75. The van der Waals surface area contributed by atoms with Crippen LogP contribution in [0.25, 0.3) is 0 Å². The van der Waals surface area contributed by atoms with Crippen molar-refractivity contribution >= 4 is 40.7 Å². The van der Waals surface area contributed by atoms with Gasteiger partial charge in [0, 0.05) is 24.2 Å². The van der Waals surface area contributed by atoms with E-state index in [0.29, 0.717) is 41.2 Å². The molecule has 0 aromatic heterocycles. The Morgan fingerprint density at radius 1 is 1.35 bits per heavy atom. The summed E-state index contributed by atoms with van der Waals surface area (Å²) in [6, 6.07) is 4.94. The van der Waals surface area contributed by atoms with Gasteiger partial charge in [0.1, 0.15) is 5.92 Å². The molecule has 1 saturated carbocycles. The number of anilines is 1. The molecule has 0 radical (unpaired) electrons. The highest BCUT2D eigenvalue weighted by atomic mass is 35.5. The number of carbonyl (C=O) groups is 2. The van der Waals surface area contributed by atoms with Crippen molar-refractivity contribution in [2.24, 2.45) is 17.6 Å². The molecule has 1 heterocycles. The van der Waals surface area contributed by atoms with Crippen LogP contribution in [0.3, 0.4) is 0 Å². The van der Waals surface area contributed by atoms with Crippen LogP contribution in [0.15, 0.2) is 18.2 Å². The molecule has 2 atom stereocenters. The highest BCUT2D eigenvalue weighted by molar-refractivity contribution is 6.36. The first kappa shape index (κ1) is 16.6. The number of nitrogens with one attached hydrogen (secondary N) is 1. The SMILES string of the molecule is NC(CNC(=O)C1CCN(c2cc(Cl)ccc2Cl)C1=O)C1CC1. The first-order chi connectivity index (χ1) is 11.0. The largest absolute Gasteiger partial charge is 0.354 e. The lowest BCUT2D eigenvalue weighted by Gasteiger charge is -2.19. The molecule has 1 aromatic rings. The standard InChI is InChI=1S/C16H19Cl2N3O2/c17-10-3-4-12(18)14(7-10)21-6-5-11(16(21)23)15(22)20-8-13(19)9-1-2-9/h3-4,7,9,11,13H,1-2,5-6,8,19H2,(H,20,22). The summed E-state index contributed by atoms with van der Waals surface area (Å²) in [4.78, 5) is 26.3. The fourth-order valence-corrected chi connectivity index (χ4v) is 3.27. The fraction of sp³-hybridized carbons (Fsp3) is 0.500. The van der Waals surface area contributed by atoms with Crippen LogP contribution in [-0.2, 0) is 9.59 Å². The quantitative estimate of drug-likeness (QED) is 0.795. The smallest absolute Gasteiger partial charge is 0.239 e. The van der Waals surface area contributed by atoms with Crippen LogP contribution in [-0.4, -0.2) is 30.9 Å². The molecule has 3 N–H and O–H groups in total. The zero-order valence-corrected chi connectivity index (χ0v) is 14.1. The highest BCUT2D eigenvalue weighted by Crippen LogP contribution is 2.34. The van der Waals surface area contributed by atoms with Crippen molar-refractivity contribution in [3.63, 3.8) is 0 Å². The number of hydrogen-bond acceptors (Lipinski definition) is 3. The van der Waals surface area contributed by atoms with E-state index in [4.69, 9.17) is 28.9 Å². The van der Waals surface area contributed by atoms with Crippen LogP contribution in [0.1, 0.15) is 19.3 Å². The molecule has 2 aliphatic rings. The lowest BCUT2D eigenvalue weighted by molar-refractivity contribution is -0.132. The van der Waals surface area contributed by atoms with Crippen molar-refractivity contribution in [2.45, 2.75) is 25.3 Å². The van der Waals surface area contributed by atoms with Gasteiger partial charge < -0.3 is 16.0 Å². The van der Waals surface area contributed by atoms with Crippen molar-refractivity contribution in [2.75, 3.05) is 18.0 Å². The second-order valence-corrected chi connectivity index (χ2v) is 7.02. The van der Waals surface area contributed by atoms with E-state index in [1.165, 1.54) is 4.90 Å². The van der Waals surface area contributed by atoms with Gasteiger partial charge in [-0.1, -0.05) is 23.2 Å². The Kier molecular flexibility index (Phi) is 4.80. The number of carbonyl (C=O) groups excluding carboxylic acids is 2. The maximum atomic E-state index is 12.5. The molecule has 7 heteroatoms. The Balaban J connectivity index is 1.63. The summed E-state index contributed by atoms with van der Waals surface area (Å²) in [5.41, 5.74) is 6.52. The van der Waals surface area contributed by atoms with Crippen LogP contribution in [0.5, 0.6) is 0 Å². The highest BCUT2D eigenvalue weighted by Gasteiger charge is 2.38. The summed E-state index contributed by atoms with van der Waals surface area (Å²) in [7, 11) is 0. The molecule has 5 nitrogen and oxygen atoms in total. The number of benzene rings is 1. The summed E-state index contributed by atoms with van der Waals surface area (Å²) >= 11 is 12.1. The normalized spacial score (nSPS) is 22.3. The molecule has 1 aliphatic heterocycles. The van der Waals surface area contributed by atoms with Crippen LogP contribution >= 0.6 is 23.2 Å². The van der Waals surface area contributed by atoms with Gasteiger partial charge in [-0.15, -0.1) is 0 Å². The first-order valence-electron chi connectivity index (χ1n) is 7.77. The summed E-state index contributed by atoms with van der Waals surface area (Å²) in [6.07, 6.45) is 2.72. The number of nitrogens with two attached hydrogens (primary N) is 1. The van der Waals surface area contributed by atoms with Crippen LogP contribution in [0, 0.1) is 11.8 Å². The molecule has 0 spiro atoms. The molecule has 2 unspecified atom stereocenters. The molecular weight excluding hydrogens is 337 g/mol. The third-order valence-corrected chi connectivity index (χ3v) is 5.02. The van der Waals surface area contributed by atoms with Gasteiger partial charge in [-0.05, 0) is 43.4 Å². The molecule has 2 amide bonds. The van der Waals surface area contributed by atoms with E-state index in [-0.39, 0.29) is 17.9 Å². The second-order valence-electron chi connectivity index (χ2n) is 6.17. The lowest BCUT2D eigenvalue weighted by Crippen LogP contribution is -2.43. The van der Waals surface area contributed by atoms with E-state index in [1.807, 2.05) is 0 Å². The minimum atomic E-state index is -0.684. The van der Waals surface area contributed by atoms with Crippen LogP contribution < -0.4 is 16.0 Å². The number of amides is 2. The van der Waals surface area contributed by atoms with Crippen molar-refractivity contribution in [1.82, 2.24) is 5.32 Å². The maximum Gasteiger partial charge on any atom is 0.239 e. The average Bonchev–Trinajstić information content (AvgIpc) is 3.30. The van der Waals surface area contributed by atoms with Crippen molar-refractivity contribution in [3.8, 4) is 0 Å². The Bertz CT molecular complexity index is 634. The van der Waals surface area contributed by atoms with Gasteiger partial charge >= 0.3 is 0 Å². The number of nitrogens with zero attached hydrogens (tertiary/aromatic N) is 1. The van der Waals surface area contributed by atoms with E-state index in [0.717, 1.165) is 12.8 Å². The predicted molar refractivity (Wildman–Crippen MR) is 90.6 cm³/mol. The zero-order chi connectivity index (χ0) is 16.6. The minimum absolute atomic E-state index is 0.0195. The van der Waals surface area contributed by atoms with Crippen LogP contribution in [0.2, 0.25) is 10.0 Å². The summed E-state index contributed by atoms with van der Waals surface area (Å²) in [6.45, 7) is 0.872. The van der Waals surface area contributed by atoms with E-state index >= 15 is 0 Å². The van der Waals surface area contributed by atoms with Crippen molar-refractivity contribution in [3.05, 3.63) is 28.2 Å². The van der Waals surface area contributed by atoms with E-state index in [2.05, 4.69) is 5.32 Å². The molecule has 1 aliphatic carbocycles. The van der Waals surface area contributed by atoms with Gasteiger partial charge in [0.2, 0.25) is 11.8 Å². The molecule has 0 bridgehead atoms. The van der Waals surface area contributed by atoms with E-state index in [1.54, 1.807) is 18.2 Å². The zero-order valence-electron chi connectivity index (χ0n) is 12.6. The number of hydrogen-bond donors (Lipinski definition) is 2. The second kappa shape index (κ2) is 6.67. The van der Waals surface area contributed by atoms with Gasteiger partial charge in [-0.3, -0.25) is 9.59 Å². The van der Waals surface area contributed by atoms with Crippen LogP contribution in [0.4, 0.5) is 5.69 Å². The third-order valence-electron chi connectivity index (χ3n) is 4.46. The molecule has 124 valence electrons. The lowest BCUT2D eigenvalue weighted by atomic mass is 10.1. The Labute approximate surface area is 145 Å². The molecule has 3 rings (SSSR count). The van der Waals surface area contributed by atoms with Gasteiger partial charge in [0.15, 0.2) is 0 Å². The van der Waals surface area contributed by atoms with Crippen molar-refractivity contribution in [1.29, 1.82) is 0 Å². The molecule has 1 saturated heterocycles. The van der Waals surface area contributed by atoms with E-state index in [9.17, 15) is 9.59 Å². The molecule has 23 heavy (non-hydrogen) atoms. The topological polar surface area (TPSA) is 75.4 Å². The molecule has 1 aromatic carbocycles. The Hall–Kier alpha value is -1.30. The van der Waals surface area contributed by atoms with Gasteiger partial charge in [0.05, 0.1) is 10.7 Å². The third kappa shape index (κ3) is 3.62. The number of rotatable bonds is 5. The van der Waals surface area contributed by atoms with Crippen molar-refractivity contribution < 1.29 is 9.59 Å². The van der Waals surface area contributed by atoms with E-state index < -0.39 is 5.92 Å². The Morgan fingerprint density at radius 3 is 2.78 bits per heavy atom. The first-order valence-corrected chi connectivity index (χ1v) is 8.52. The number of halogens is 2. The predicted octanol–water partition coefficient (Wildman–Crippen LogP) is 2.20. The summed E-state index contributed by atoms with van der Waals surface area (Å²) < 4.78 is 0. The average molecular weight is 356 g/mol. The minimum Gasteiger partial charge on any atom is -0.354 e. The molecule has 2 fully saturated rings. The molecular formula is C16H19Cl2N3O2. The van der Waals surface area contributed by atoms with Gasteiger partial charge in [-0.2, -0.15) is 0 Å².